The molecule has 4 nitrogen and oxygen atoms in total. The molecule has 0 radical (unpaired) electrons. The van der Waals surface area contributed by atoms with Gasteiger partial charge in [0.15, 0.2) is 0 Å². The van der Waals surface area contributed by atoms with Gasteiger partial charge in [-0.05, 0) is 32.0 Å². The Morgan fingerprint density at radius 2 is 2.18 bits per heavy atom. The molecular weight excluding hydrogens is 221 g/mol. The third-order valence-electron chi connectivity index (χ3n) is 2.40. The van der Waals surface area contributed by atoms with Gasteiger partial charge in [0.05, 0.1) is 12.2 Å². The Bertz CT molecular complexity index is 395. The number of benzene rings is 1. The van der Waals surface area contributed by atoms with E-state index >= 15 is 0 Å². The lowest BCUT2D eigenvalue weighted by atomic mass is 10.2. The predicted octanol–water partition coefficient (Wildman–Crippen LogP) is 1.37. The molecule has 5 heteroatoms. The minimum absolute atomic E-state index is 0.120. The van der Waals surface area contributed by atoms with Crippen LogP contribution < -0.4 is 16.0 Å². The number of nitrogens with two attached hydrogens (primary N) is 1. The molecule has 0 aliphatic heterocycles. The lowest BCUT2D eigenvalue weighted by Gasteiger charge is -2.23. The van der Waals surface area contributed by atoms with Crippen molar-refractivity contribution in [3.05, 3.63) is 24.0 Å². The van der Waals surface area contributed by atoms with Gasteiger partial charge >= 0.3 is 0 Å². The van der Waals surface area contributed by atoms with Gasteiger partial charge in [-0.25, -0.2) is 4.39 Å². The zero-order valence-corrected chi connectivity index (χ0v) is 10.2. The van der Waals surface area contributed by atoms with E-state index in [1.807, 2.05) is 13.8 Å². The van der Waals surface area contributed by atoms with Gasteiger partial charge in [0.25, 0.3) is 0 Å². The van der Waals surface area contributed by atoms with Crippen molar-refractivity contribution in [3.8, 4) is 0 Å². The molecule has 0 aliphatic carbocycles. The summed E-state index contributed by atoms with van der Waals surface area (Å²) in [4.78, 5) is 13.1. The number of amides is 1. The Morgan fingerprint density at radius 3 is 2.71 bits per heavy atom. The fraction of sp³-hybridized carbons (Fsp3) is 0.417. The molecule has 0 atom stereocenters. The largest absolute Gasteiger partial charge is 0.399 e. The molecule has 1 rings (SSSR count). The average molecular weight is 239 g/mol. The van der Waals surface area contributed by atoms with Crippen molar-refractivity contribution in [1.82, 2.24) is 5.32 Å². The van der Waals surface area contributed by atoms with Gasteiger partial charge in [0.2, 0.25) is 5.91 Å². The SMILES string of the molecule is CCNC(=O)CN(CC)c1ccc(N)cc1F. The Morgan fingerprint density at radius 1 is 1.47 bits per heavy atom. The Balaban J connectivity index is 2.82. The molecule has 0 heterocycles. The molecule has 0 fully saturated rings. The van der Waals surface area contributed by atoms with Gasteiger partial charge < -0.3 is 16.0 Å². The number of nitrogens with zero attached hydrogens (tertiary/aromatic N) is 1. The number of nitrogens with one attached hydrogen (secondary N) is 1. The molecule has 0 unspecified atom stereocenters. The van der Waals surface area contributed by atoms with Crippen molar-refractivity contribution >= 4 is 17.3 Å². The first-order valence-corrected chi connectivity index (χ1v) is 5.65. The lowest BCUT2D eigenvalue weighted by Crippen LogP contribution is -2.37. The number of nitrogen functional groups attached to an aromatic ring is 1. The summed E-state index contributed by atoms with van der Waals surface area (Å²) in [5.74, 6) is -0.526. The summed E-state index contributed by atoms with van der Waals surface area (Å²) in [6.45, 7) is 4.98. The van der Waals surface area contributed by atoms with Crippen LogP contribution >= 0.6 is 0 Å². The molecule has 1 aromatic rings. The van der Waals surface area contributed by atoms with Crippen molar-refractivity contribution in [2.24, 2.45) is 0 Å². The molecule has 0 bridgehead atoms. The molecule has 0 saturated carbocycles. The second-order valence-electron chi connectivity index (χ2n) is 3.68. The van der Waals surface area contributed by atoms with Gasteiger partial charge in [-0.15, -0.1) is 0 Å². The highest BCUT2D eigenvalue weighted by atomic mass is 19.1. The molecule has 17 heavy (non-hydrogen) atoms. The van der Waals surface area contributed by atoms with E-state index in [-0.39, 0.29) is 12.5 Å². The number of likely N-dealkylation sites (N-methyl/N-ethyl adjacent to an activating group) is 2. The molecule has 1 aromatic carbocycles. The summed E-state index contributed by atoms with van der Waals surface area (Å²) < 4.78 is 13.7. The average Bonchev–Trinajstić information content (AvgIpc) is 2.27. The number of rotatable bonds is 5. The van der Waals surface area contributed by atoms with E-state index in [4.69, 9.17) is 5.73 Å². The zero-order valence-electron chi connectivity index (χ0n) is 10.2. The van der Waals surface area contributed by atoms with Crippen molar-refractivity contribution in [1.29, 1.82) is 0 Å². The van der Waals surface area contributed by atoms with Crippen molar-refractivity contribution in [2.75, 3.05) is 30.3 Å². The van der Waals surface area contributed by atoms with Crippen LogP contribution in [-0.2, 0) is 4.79 Å². The number of hydrogen-bond acceptors (Lipinski definition) is 3. The third kappa shape index (κ3) is 3.62. The standard InChI is InChI=1S/C12H18FN3O/c1-3-15-12(17)8-16(4-2)11-6-5-9(14)7-10(11)13/h5-7H,3-4,8,14H2,1-2H3,(H,15,17). The smallest absolute Gasteiger partial charge is 0.239 e. The zero-order chi connectivity index (χ0) is 12.8. The normalized spacial score (nSPS) is 10.1. The number of anilines is 2. The first-order chi connectivity index (χ1) is 8.08. The number of carbonyl (C=O) groups is 1. The molecule has 1 amide bonds. The van der Waals surface area contributed by atoms with Crippen LogP contribution in [0.1, 0.15) is 13.8 Å². The molecule has 0 spiro atoms. The fourth-order valence-corrected chi connectivity index (χ4v) is 1.57. The van der Waals surface area contributed by atoms with E-state index in [0.29, 0.717) is 24.5 Å². The van der Waals surface area contributed by atoms with Crippen LogP contribution in [0.2, 0.25) is 0 Å². The molecule has 0 aliphatic rings. The topological polar surface area (TPSA) is 58.4 Å². The maximum absolute atomic E-state index is 13.7. The highest BCUT2D eigenvalue weighted by Crippen LogP contribution is 2.21. The predicted molar refractivity (Wildman–Crippen MR) is 67.4 cm³/mol. The van der Waals surface area contributed by atoms with Crippen molar-refractivity contribution in [2.45, 2.75) is 13.8 Å². The Hall–Kier alpha value is -1.78. The van der Waals surface area contributed by atoms with Crippen LogP contribution in [0.4, 0.5) is 15.8 Å². The number of carbonyl (C=O) groups excluding carboxylic acids is 1. The lowest BCUT2D eigenvalue weighted by molar-refractivity contribution is -0.119. The first-order valence-electron chi connectivity index (χ1n) is 5.65. The summed E-state index contributed by atoms with van der Waals surface area (Å²) in [7, 11) is 0. The summed E-state index contributed by atoms with van der Waals surface area (Å²) >= 11 is 0. The van der Waals surface area contributed by atoms with Crippen LogP contribution in [0.15, 0.2) is 18.2 Å². The maximum Gasteiger partial charge on any atom is 0.239 e. The first kappa shape index (κ1) is 13.3. The summed E-state index contributed by atoms with van der Waals surface area (Å²) in [6.07, 6.45) is 0. The van der Waals surface area contributed by atoms with E-state index in [9.17, 15) is 9.18 Å². The monoisotopic (exact) mass is 239 g/mol. The minimum Gasteiger partial charge on any atom is -0.399 e. The van der Waals surface area contributed by atoms with Crippen LogP contribution in [0, 0.1) is 5.82 Å². The van der Waals surface area contributed by atoms with Crippen LogP contribution in [0.3, 0.4) is 0 Å². The van der Waals surface area contributed by atoms with Crippen molar-refractivity contribution < 1.29 is 9.18 Å². The Labute approximate surface area is 101 Å². The second kappa shape index (κ2) is 6.08. The van der Waals surface area contributed by atoms with Gasteiger partial charge in [0, 0.05) is 18.8 Å². The van der Waals surface area contributed by atoms with Gasteiger partial charge in [-0.2, -0.15) is 0 Å². The molecule has 3 N–H and O–H groups in total. The summed E-state index contributed by atoms with van der Waals surface area (Å²) in [5, 5.41) is 2.68. The highest BCUT2D eigenvalue weighted by Gasteiger charge is 2.13. The quantitative estimate of drug-likeness (QED) is 0.763. The number of hydrogen-bond donors (Lipinski definition) is 2. The summed E-state index contributed by atoms with van der Waals surface area (Å²) in [6, 6.07) is 4.47. The van der Waals surface area contributed by atoms with Crippen LogP contribution in [0.5, 0.6) is 0 Å². The molecular formula is C12H18FN3O. The Kier molecular flexibility index (Phi) is 4.75. The minimum atomic E-state index is -0.406. The van der Waals surface area contributed by atoms with E-state index in [2.05, 4.69) is 5.32 Å². The highest BCUT2D eigenvalue weighted by molar-refractivity contribution is 5.81. The third-order valence-corrected chi connectivity index (χ3v) is 2.40. The molecule has 0 saturated heterocycles. The molecule has 0 aromatic heterocycles. The fourth-order valence-electron chi connectivity index (χ4n) is 1.57. The number of halogens is 1. The van der Waals surface area contributed by atoms with E-state index in [0.717, 1.165) is 0 Å². The van der Waals surface area contributed by atoms with E-state index < -0.39 is 5.82 Å². The summed E-state index contributed by atoms with van der Waals surface area (Å²) in [5.41, 5.74) is 6.25. The van der Waals surface area contributed by atoms with Gasteiger partial charge in [0.1, 0.15) is 5.82 Å². The van der Waals surface area contributed by atoms with Gasteiger partial charge in [-0.1, -0.05) is 0 Å². The van der Waals surface area contributed by atoms with Crippen molar-refractivity contribution in [3.63, 3.8) is 0 Å². The second-order valence-corrected chi connectivity index (χ2v) is 3.68. The van der Waals surface area contributed by atoms with Crippen LogP contribution in [0.25, 0.3) is 0 Å². The van der Waals surface area contributed by atoms with Gasteiger partial charge in [-0.3, -0.25) is 4.79 Å². The van der Waals surface area contributed by atoms with Crippen LogP contribution in [-0.4, -0.2) is 25.5 Å². The maximum atomic E-state index is 13.7. The van der Waals surface area contributed by atoms with E-state index in [1.165, 1.54) is 6.07 Å². The molecule has 94 valence electrons. The van der Waals surface area contributed by atoms with E-state index in [1.54, 1.807) is 17.0 Å².